The lowest BCUT2D eigenvalue weighted by atomic mass is 9.98. The van der Waals surface area contributed by atoms with Crippen LogP contribution in [0.5, 0.6) is 11.5 Å². The van der Waals surface area contributed by atoms with Gasteiger partial charge in [0.15, 0.2) is 16.6 Å². The molecule has 0 radical (unpaired) electrons. The van der Waals surface area contributed by atoms with Gasteiger partial charge in [0.1, 0.15) is 0 Å². The molecule has 0 aliphatic rings. The number of nitrogens with zero attached hydrogens (tertiary/aromatic N) is 1. The second kappa shape index (κ2) is 13.0. The SMILES string of the molecule is COc1ccc(-c2csc(NC(=O)C(C)Sc3cccc(NC(=O)c4cccc5cccc(C(=O)O)c45)c3)n2)cc1OC. The number of aromatic carboxylic acids is 1. The number of carboxylic acid groups (broad SMARTS) is 1. The minimum Gasteiger partial charge on any atom is -0.493 e. The molecule has 5 aromatic rings. The van der Waals surface area contributed by atoms with Crippen LogP contribution < -0.4 is 20.1 Å². The van der Waals surface area contributed by atoms with Gasteiger partial charge in [0.05, 0.1) is 30.7 Å². The third-order valence-electron chi connectivity index (χ3n) is 6.57. The number of nitrogens with one attached hydrogen (secondary N) is 2. The van der Waals surface area contributed by atoms with Crippen LogP contribution in [0.2, 0.25) is 0 Å². The van der Waals surface area contributed by atoms with Crippen molar-refractivity contribution in [3.63, 3.8) is 0 Å². The zero-order valence-corrected chi connectivity index (χ0v) is 25.0. The number of rotatable bonds is 10. The Morgan fingerprint density at radius 3 is 2.33 bits per heavy atom. The fraction of sp³-hybridized carbons (Fsp3) is 0.125. The van der Waals surface area contributed by atoms with E-state index in [0.29, 0.717) is 38.8 Å². The lowest BCUT2D eigenvalue weighted by Crippen LogP contribution is -2.22. The molecule has 2 amide bonds. The maximum atomic E-state index is 13.2. The number of aromatic nitrogens is 1. The molecule has 5 rings (SSSR count). The molecule has 1 heterocycles. The number of carboxylic acids is 1. The average Bonchev–Trinajstić information content (AvgIpc) is 3.48. The van der Waals surface area contributed by atoms with E-state index < -0.39 is 17.1 Å². The quantitative estimate of drug-likeness (QED) is 0.143. The van der Waals surface area contributed by atoms with Gasteiger partial charge in [-0.15, -0.1) is 23.1 Å². The molecule has 0 bridgehead atoms. The zero-order chi connectivity index (χ0) is 30.5. The van der Waals surface area contributed by atoms with Gasteiger partial charge in [-0.3, -0.25) is 9.59 Å². The minimum absolute atomic E-state index is 0.0588. The number of methoxy groups -OCH3 is 2. The number of thioether (sulfide) groups is 1. The van der Waals surface area contributed by atoms with Crippen molar-refractivity contribution in [1.29, 1.82) is 0 Å². The molecule has 0 fully saturated rings. The van der Waals surface area contributed by atoms with E-state index in [0.717, 1.165) is 10.5 Å². The summed E-state index contributed by atoms with van der Waals surface area (Å²) in [4.78, 5) is 43.3. The Labute approximate surface area is 255 Å². The zero-order valence-electron chi connectivity index (χ0n) is 23.4. The van der Waals surface area contributed by atoms with Crippen molar-refractivity contribution >= 4 is 62.5 Å². The van der Waals surface area contributed by atoms with Gasteiger partial charge in [-0.1, -0.05) is 30.3 Å². The standard InChI is InChI=1S/C32H27N3O6S2/c1-18(29(36)35-32-34-25(17-42-32)20-13-14-26(40-2)27(15-20)41-3)43-22-10-6-9-21(16-22)33-30(37)23-11-4-7-19-8-5-12-24(28(19)23)31(38)39/h4-18H,1-3H3,(H,33,37)(H,38,39)(H,34,35,36). The Morgan fingerprint density at radius 1 is 0.884 bits per heavy atom. The van der Waals surface area contributed by atoms with E-state index >= 15 is 0 Å². The summed E-state index contributed by atoms with van der Waals surface area (Å²) in [6.45, 7) is 1.79. The number of thiazole rings is 1. The third-order valence-corrected chi connectivity index (χ3v) is 8.42. The summed E-state index contributed by atoms with van der Waals surface area (Å²) in [5, 5.41) is 18.3. The molecule has 0 aliphatic heterocycles. The van der Waals surface area contributed by atoms with Crippen LogP contribution in [0.25, 0.3) is 22.0 Å². The lowest BCUT2D eigenvalue weighted by Gasteiger charge is -2.13. The highest BCUT2D eigenvalue weighted by Crippen LogP contribution is 2.34. The first kappa shape index (κ1) is 29.6. The molecule has 0 aliphatic carbocycles. The molecular formula is C32H27N3O6S2. The second-order valence-electron chi connectivity index (χ2n) is 9.35. The van der Waals surface area contributed by atoms with Crippen LogP contribution in [-0.4, -0.2) is 47.3 Å². The van der Waals surface area contributed by atoms with Crippen molar-refractivity contribution in [3.05, 3.63) is 95.4 Å². The van der Waals surface area contributed by atoms with Gasteiger partial charge in [-0.25, -0.2) is 9.78 Å². The molecule has 218 valence electrons. The van der Waals surface area contributed by atoms with Gasteiger partial charge in [-0.05, 0) is 60.8 Å². The van der Waals surface area contributed by atoms with Crippen LogP contribution in [0.15, 0.2) is 89.1 Å². The number of amides is 2. The maximum Gasteiger partial charge on any atom is 0.336 e. The van der Waals surface area contributed by atoms with Crippen LogP contribution in [0, 0.1) is 0 Å². The molecular weight excluding hydrogens is 587 g/mol. The molecule has 1 aromatic heterocycles. The van der Waals surface area contributed by atoms with Crippen LogP contribution in [0.4, 0.5) is 10.8 Å². The number of hydrogen-bond donors (Lipinski definition) is 3. The van der Waals surface area contributed by atoms with Crippen molar-refractivity contribution in [1.82, 2.24) is 4.98 Å². The van der Waals surface area contributed by atoms with Crippen LogP contribution in [0.3, 0.4) is 0 Å². The van der Waals surface area contributed by atoms with Gasteiger partial charge < -0.3 is 25.2 Å². The average molecular weight is 614 g/mol. The molecule has 0 spiro atoms. The van der Waals surface area contributed by atoms with E-state index in [1.54, 1.807) is 75.7 Å². The Kier molecular flexibility index (Phi) is 8.93. The van der Waals surface area contributed by atoms with E-state index in [4.69, 9.17) is 9.47 Å². The third kappa shape index (κ3) is 6.63. The number of fused-ring (bicyclic) bond motifs is 1. The summed E-state index contributed by atoms with van der Waals surface area (Å²) in [6.07, 6.45) is 0. The lowest BCUT2D eigenvalue weighted by molar-refractivity contribution is -0.115. The van der Waals surface area contributed by atoms with Gasteiger partial charge in [0.25, 0.3) is 5.91 Å². The molecule has 11 heteroatoms. The smallest absolute Gasteiger partial charge is 0.336 e. The van der Waals surface area contributed by atoms with Gasteiger partial charge in [0.2, 0.25) is 5.91 Å². The fourth-order valence-electron chi connectivity index (χ4n) is 4.48. The highest BCUT2D eigenvalue weighted by atomic mass is 32.2. The van der Waals surface area contributed by atoms with Crippen LogP contribution in [0.1, 0.15) is 27.6 Å². The highest BCUT2D eigenvalue weighted by molar-refractivity contribution is 8.00. The molecule has 1 atom stereocenters. The predicted octanol–water partition coefficient (Wildman–Crippen LogP) is 7.05. The van der Waals surface area contributed by atoms with Crippen molar-refractivity contribution in [3.8, 4) is 22.8 Å². The number of benzene rings is 4. The monoisotopic (exact) mass is 613 g/mol. The summed E-state index contributed by atoms with van der Waals surface area (Å²) >= 11 is 2.66. The molecule has 0 saturated heterocycles. The molecule has 9 nitrogen and oxygen atoms in total. The van der Waals surface area contributed by atoms with Crippen molar-refractivity contribution < 1.29 is 29.0 Å². The summed E-state index contributed by atoms with van der Waals surface area (Å²) in [5.74, 6) is -0.549. The first-order chi connectivity index (χ1) is 20.8. The molecule has 3 N–H and O–H groups in total. The maximum absolute atomic E-state index is 13.2. The van der Waals surface area contributed by atoms with Gasteiger partial charge in [-0.2, -0.15) is 0 Å². The summed E-state index contributed by atoms with van der Waals surface area (Å²) in [7, 11) is 3.14. The van der Waals surface area contributed by atoms with Crippen LogP contribution in [-0.2, 0) is 4.79 Å². The predicted molar refractivity (Wildman–Crippen MR) is 170 cm³/mol. The number of anilines is 2. The Morgan fingerprint density at radius 2 is 1.60 bits per heavy atom. The molecule has 43 heavy (non-hydrogen) atoms. The normalized spacial score (nSPS) is 11.5. The minimum atomic E-state index is -1.11. The summed E-state index contributed by atoms with van der Waals surface area (Å²) in [5.41, 5.74) is 2.37. The van der Waals surface area contributed by atoms with Gasteiger partial charge >= 0.3 is 5.97 Å². The van der Waals surface area contributed by atoms with Crippen LogP contribution >= 0.6 is 23.1 Å². The number of ether oxygens (including phenoxy) is 2. The molecule has 1 unspecified atom stereocenters. The second-order valence-corrected chi connectivity index (χ2v) is 11.6. The molecule has 0 saturated carbocycles. The number of carbonyl (C=O) groups is 3. The van der Waals surface area contributed by atoms with E-state index in [9.17, 15) is 19.5 Å². The molecule has 4 aromatic carbocycles. The Hall–Kier alpha value is -4.87. The van der Waals surface area contributed by atoms with Crippen molar-refractivity contribution in [2.24, 2.45) is 0 Å². The topological polar surface area (TPSA) is 127 Å². The largest absolute Gasteiger partial charge is 0.493 e. The summed E-state index contributed by atoms with van der Waals surface area (Å²) in [6, 6.07) is 22.6. The Bertz CT molecular complexity index is 1830. The van der Waals surface area contributed by atoms with E-state index in [2.05, 4.69) is 15.6 Å². The van der Waals surface area contributed by atoms with E-state index in [1.165, 1.54) is 29.2 Å². The number of carbonyl (C=O) groups excluding carboxylic acids is 2. The van der Waals surface area contributed by atoms with E-state index in [-0.39, 0.29) is 17.0 Å². The Balaban J connectivity index is 1.25. The van der Waals surface area contributed by atoms with Crippen molar-refractivity contribution in [2.45, 2.75) is 17.1 Å². The van der Waals surface area contributed by atoms with Gasteiger partial charge in [0, 0.05) is 32.5 Å². The number of hydrogen-bond acceptors (Lipinski definition) is 8. The fourth-order valence-corrected chi connectivity index (χ4v) is 6.13. The first-order valence-corrected chi connectivity index (χ1v) is 14.8. The highest BCUT2D eigenvalue weighted by Gasteiger charge is 2.19. The van der Waals surface area contributed by atoms with Crippen molar-refractivity contribution in [2.75, 3.05) is 24.9 Å². The summed E-state index contributed by atoms with van der Waals surface area (Å²) < 4.78 is 10.7. The first-order valence-electron chi connectivity index (χ1n) is 13.1. The van der Waals surface area contributed by atoms with E-state index in [1.807, 2.05) is 23.6 Å².